The van der Waals surface area contributed by atoms with Gasteiger partial charge in [-0.05, 0) is 34.7 Å². The molecule has 1 rings (SSSR count). The highest BCUT2D eigenvalue weighted by Gasteiger charge is 2.07. The van der Waals surface area contributed by atoms with Crippen LogP contribution in [0.4, 0.5) is 5.69 Å². The first kappa shape index (κ1) is 13.9. The lowest BCUT2D eigenvalue weighted by Crippen LogP contribution is -2.22. The van der Waals surface area contributed by atoms with Crippen molar-refractivity contribution < 1.29 is 14.4 Å². The molecule has 0 radical (unpaired) electrons. The summed E-state index contributed by atoms with van der Waals surface area (Å²) in [5, 5.41) is 2.59. The zero-order valence-electron chi connectivity index (χ0n) is 9.33. The van der Waals surface area contributed by atoms with Crippen LogP contribution >= 0.6 is 22.6 Å². The summed E-state index contributed by atoms with van der Waals surface area (Å²) in [7, 11) is 0. The van der Waals surface area contributed by atoms with Crippen LogP contribution in [0.25, 0.3) is 0 Å². The van der Waals surface area contributed by atoms with Crippen molar-refractivity contribution in [2.24, 2.45) is 0 Å². The molecule has 0 atom stereocenters. The third kappa shape index (κ3) is 4.31. The van der Waals surface area contributed by atoms with E-state index >= 15 is 0 Å². The first-order chi connectivity index (χ1) is 8.19. The van der Waals surface area contributed by atoms with E-state index in [2.05, 4.69) is 33.4 Å². The van der Waals surface area contributed by atoms with Gasteiger partial charge in [0.2, 0.25) is 12.3 Å². The second-order valence-electron chi connectivity index (χ2n) is 3.20. The average molecular weight is 348 g/mol. The molecule has 5 nitrogen and oxygen atoms in total. The molecule has 0 saturated carbocycles. The highest BCUT2D eigenvalue weighted by molar-refractivity contribution is 14.1. The van der Waals surface area contributed by atoms with Crippen LogP contribution in [0.1, 0.15) is 18.9 Å². The minimum atomic E-state index is -0.180. The van der Waals surface area contributed by atoms with Gasteiger partial charge in [0.25, 0.3) is 0 Å². The molecule has 0 fully saturated rings. The van der Waals surface area contributed by atoms with E-state index in [1.165, 1.54) is 0 Å². The molecule has 0 aliphatic rings. The molecular formula is C11H13IN2O3. The van der Waals surface area contributed by atoms with Gasteiger partial charge in [-0.3, -0.25) is 14.4 Å². The number of rotatable bonds is 6. The van der Waals surface area contributed by atoms with Gasteiger partial charge in [0.1, 0.15) is 6.61 Å². The number of benzene rings is 1. The Balaban J connectivity index is 2.68. The minimum Gasteiger partial charge on any atom is -0.328 e. The molecular weight excluding hydrogens is 335 g/mol. The Morgan fingerprint density at radius 2 is 2.29 bits per heavy atom. The van der Waals surface area contributed by atoms with Crippen molar-refractivity contribution in [1.29, 1.82) is 0 Å². The normalized spacial score (nSPS) is 9.76. The van der Waals surface area contributed by atoms with Crippen LogP contribution in [0.3, 0.4) is 0 Å². The highest BCUT2D eigenvalue weighted by Crippen LogP contribution is 2.21. The lowest BCUT2D eigenvalue weighted by molar-refractivity contribution is -0.134. The van der Waals surface area contributed by atoms with E-state index < -0.39 is 0 Å². The molecule has 17 heavy (non-hydrogen) atoms. The predicted octanol–water partition coefficient (Wildman–Crippen LogP) is 1.82. The number of carbonyl (C=O) groups is 2. The van der Waals surface area contributed by atoms with Crippen LogP contribution < -0.4 is 10.8 Å². The van der Waals surface area contributed by atoms with Crippen molar-refractivity contribution in [2.75, 3.05) is 5.32 Å². The Morgan fingerprint density at radius 3 is 2.94 bits per heavy atom. The molecule has 0 aliphatic heterocycles. The van der Waals surface area contributed by atoms with E-state index in [4.69, 9.17) is 4.84 Å². The van der Waals surface area contributed by atoms with Gasteiger partial charge >= 0.3 is 0 Å². The Hall–Kier alpha value is -1.15. The van der Waals surface area contributed by atoms with Gasteiger partial charge < -0.3 is 5.32 Å². The van der Waals surface area contributed by atoms with Gasteiger partial charge in [-0.25, -0.2) is 5.48 Å². The van der Waals surface area contributed by atoms with E-state index in [-0.39, 0.29) is 12.5 Å². The van der Waals surface area contributed by atoms with E-state index in [9.17, 15) is 9.59 Å². The summed E-state index contributed by atoms with van der Waals surface area (Å²) in [6.45, 7) is 1.95. The van der Waals surface area contributed by atoms with Gasteiger partial charge in [0, 0.05) is 21.2 Å². The topological polar surface area (TPSA) is 67.4 Å². The first-order valence-electron chi connectivity index (χ1n) is 5.07. The van der Waals surface area contributed by atoms with E-state index in [0.29, 0.717) is 18.5 Å². The zero-order chi connectivity index (χ0) is 12.7. The number of hydrogen-bond acceptors (Lipinski definition) is 3. The fraction of sp³-hybridized carbons (Fsp3) is 0.273. The number of anilines is 1. The van der Waals surface area contributed by atoms with E-state index in [0.717, 1.165) is 9.13 Å². The van der Waals surface area contributed by atoms with Crippen LogP contribution in [0, 0.1) is 3.57 Å². The lowest BCUT2D eigenvalue weighted by Gasteiger charge is -2.11. The summed E-state index contributed by atoms with van der Waals surface area (Å²) in [5.41, 5.74) is 3.83. The summed E-state index contributed by atoms with van der Waals surface area (Å²) in [4.78, 5) is 26.5. The van der Waals surface area contributed by atoms with Crippen molar-refractivity contribution in [3.8, 4) is 0 Å². The molecule has 0 spiro atoms. The molecule has 0 aliphatic carbocycles. The van der Waals surface area contributed by atoms with Crippen LogP contribution in [-0.2, 0) is 21.0 Å². The van der Waals surface area contributed by atoms with Crippen molar-refractivity contribution in [2.45, 2.75) is 20.0 Å². The molecule has 6 heteroatoms. The number of hydroxylamine groups is 1. The van der Waals surface area contributed by atoms with Gasteiger partial charge in [-0.15, -0.1) is 0 Å². The molecule has 92 valence electrons. The Bertz CT molecular complexity index is 410. The smallest absolute Gasteiger partial charge is 0.243 e. The predicted molar refractivity (Wildman–Crippen MR) is 72.1 cm³/mol. The molecule has 1 aromatic carbocycles. The van der Waals surface area contributed by atoms with E-state index in [1.54, 1.807) is 13.0 Å². The number of hydrogen-bond donors (Lipinski definition) is 2. The molecule has 0 aromatic heterocycles. The van der Waals surface area contributed by atoms with Crippen molar-refractivity contribution in [1.82, 2.24) is 5.48 Å². The SMILES string of the molecule is CCC(=O)NOCc1c(I)cccc1NC=O. The number of halogens is 1. The maximum absolute atomic E-state index is 11.0. The first-order valence-corrected chi connectivity index (χ1v) is 6.15. The Labute approximate surface area is 113 Å². The van der Waals surface area contributed by atoms with Gasteiger partial charge in [0.05, 0.1) is 0 Å². The molecule has 0 unspecified atom stereocenters. The van der Waals surface area contributed by atoms with Crippen LogP contribution in [0.15, 0.2) is 18.2 Å². The largest absolute Gasteiger partial charge is 0.328 e. The summed E-state index contributed by atoms with van der Waals surface area (Å²) in [5.74, 6) is -0.180. The number of nitrogens with one attached hydrogen (secondary N) is 2. The van der Waals surface area contributed by atoms with Crippen molar-refractivity contribution in [3.05, 3.63) is 27.3 Å². The maximum atomic E-state index is 11.0. The average Bonchev–Trinajstić information content (AvgIpc) is 2.32. The van der Waals surface area contributed by atoms with Crippen molar-refractivity contribution in [3.63, 3.8) is 0 Å². The van der Waals surface area contributed by atoms with Gasteiger partial charge in [-0.2, -0.15) is 0 Å². The molecule has 0 saturated heterocycles. The van der Waals surface area contributed by atoms with Gasteiger partial charge in [-0.1, -0.05) is 13.0 Å². The quantitative estimate of drug-likeness (QED) is 0.468. The standard InChI is InChI=1S/C11H13IN2O3/c1-2-11(16)14-17-6-8-9(12)4-3-5-10(8)13-7-15/h3-5,7H,2,6H2,1H3,(H,13,15)(H,14,16). The minimum absolute atomic E-state index is 0.180. The summed E-state index contributed by atoms with van der Waals surface area (Å²) in [6.07, 6.45) is 0.977. The summed E-state index contributed by atoms with van der Waals surface area (Å²) < 4.78 is 0.959. The van der Waals surface area contributed by atoms with E-state index in [1.807, 2.05) is 12.1 Å². The fourth-order valence-corrected chi connectivity index (χ4v) is 1.82. The third-order valence-corrected chi connectivity index (χ3v) is 3.07. The van der Waals surface area contributed by atoms with Crippen LogP contribution in [-0.4, -0.2) is 12.3 Å². The molecule has 0 bridgehead atoms. The Morgan fingerprint density at radius 1 is 1.53 bits per heavy atom. The fourth-order valence-electron chi connectivity index (χ4n) is 1.16. The van der Waals surface area contributed by atoms with Crippen LogP contribution in [0.2, 0.25) is 0 Å². The lowest BCUT2D eigenvalue weighted by atomic mass is 10.2. The van der Waals surface area contributed by atoms with Crippen molar-refractivity contribution >= 4 is 40.6 Å². The molecule has 1 aromatic rings. The van der Waals surface area contributed by atoms with Crippen LogP contribution in [0.5, 0.6) is 0 Å². The summed E-state index contributed by atoms with van der Waals surface area (Å²) in [6, 6.07) is 5.51. The molecule has 2 N–H and O–H groups in total. The second kappa shape index (κ2) is 7.23. The Kier molecular flexibility index (Phi) is 5.92. The van der Waals surface area contributed by atoms with Gasteiger partial charge in [0.15, 0.2) is 0 Å². The highest BCUT2D eigenvalue weighted by atomic mass is 127. The number of carbonyl (C=O) groups excluding carboxylic acids is 2. The third-order valence-electron chi connectivity index (χ3n) is 2.06. The monoisotopic (exact) mass is 348 g/mol. The zero-order valence-corrected chi connectivity index (χ0v) is 11.5. The number of amides is 2. The molecule has 2 amide bonds. The molecule has 0 heterocycles. The maximum Gasteiger partial charge on any atom is 0.243 e. The second-order valence-corrected chi connectivity index (χ2v) is 4.36. The summed E-state index contributed by atoms with van der Waals surface area (Å²) >= 11 is 2.14.